The number of carbonyl (C=O) groups is 2. The lowest BCUT2D eigenvalue weighted by Crippen LogP contribution is -2.43. The Balaban J connectivity index is 1.65. The predicted octanol–water partition coefficient (Wildman–Crippen LogP) is 0.931. The molecule has 0 bridgehead atoms. The Morgan fingerprint density at radius 3 is 2.79 bits per heavy atom. The number of hydrogen-bond acceptors (Lipinski definition) is 7. The fourth-order valence-electron chi connectivity index (χ4n) is 3.34. The molecule has 1 aromatic heterocycles. The molecule has 0 aliphatic carbocycles. The van der Waals surface area contributed by atoms with Crippen LogP contribution < -0.4 is 0 Å². The maximum atomic E-state index is 12.1. The number of carbonyl (C=O) groups excluding carboxylic acids is 2. The first-order valence-corrected chi connectivity index (χ1v) is 8.46. The predicted molar refractivity (Wildman–Crippen MR) is 84.0 cm³/mol. The molecule has 1 aromatic rings. The van der Waals surface area contributed by atoms with Crippen molar-refractivity contribution in [2.45, 2.75) is 58.2 Å². The first-order valence-electron chi connectivity index (χ1n) is 8.46. The molecule has 2 fully saturated rings. The molecule has 0 radical (unpaired) electrons. The number of ether oxygens (including phenoxy) is 1. The zero-order chi connectivity index (χ0) is 17.3. The van der Waals surface area contributed by atoms with Gasteiger partial charge in [0.2, 0.25) is 11.8 Å². The number of rotatable bonds is 5. The summed E-state index contributed by atoms with van der Waals surface area (Å²) < 4.78 is 10.3. The van der Waals surface area contributed by atoms with Gasteiger partial charge in [-0.15, -0.1) is 0 Å². The quantitative estimate of drug-likeness (QED) is 0.739. The Morgan fingerprint density at radius 1 is 1.42 bits per heavy atom. The van der Waals surface area contributed by atoms with Crippen LogP contribution in [0.4, 0.5) is 0 Å². The Bertz CT molecular complexity index is 615. The van der Waals surface area contributed by atoms with Crippen LogP contribution in [0.2, 0.25) is 0 Å². The van der Waals surface area contributed by atoms with Gasteiger partial charge in [-0.3, -0.25) is 14.5 Å². The highest BCUT2D eigenvalue weighted by Gasteiger charge is 2.39. The number of aromatic nitrogens is 2. The molecule has 2 aliphatic heterocycles. The first-order chi connectivity index (χ1) is 11.5. The number of cyclic esters (lactones) is 1. The molecule has 3 heterocycles. The van der Waals surface area contributed by atoms with Crippen molar-refractivity contribution in [1.29, 1.82) is 0 Å². The zero-order valence-corrected chi connectivity index (χ0v) is 14.4. The largest absolute Gasteiger partial charge is 0.464 e. The van der Waals surface area contributed by atoms with E-state index < -0.39 is 0 Å². The van der Waals surface area contributed by atoms with E-state index in [0.717, 1.165) is 19.4 Å². The van der Waals surface area contributed by atoms with E-state index >= 15 is 0 Å². The average Bonchev–Trinajstić information content (AvgIpc) is 3.24. The van der Waals surface area contributed by atoms with Gasteiger partial charge in [-0.25, -0.2) is 0 Å². The minimum absolute atomic E-state index is 0.0215. The van der Waals surface area contributed by atoms with Crippen molar-refractivity contribution in [3.63, 3.8) is 0 Å². The molecule has 0 N–H and O–H groups in total. The van der Waals surface area contributed by atoms with Crippen molar-refractivity contribution in [2.75, 3.05) is 19.7 Å². The third-order valence-corrected chi connectivity index (χ3v) is 4.68. The fourth-order valence-corrected chi connectivity index (χ4v) is 3.34. The van der Waals surface area contributed by atoms with E-state index in [1.165, 1.54) is 0 Å². The topological polar surface area (TPSA) is 88.8 Å². The minimum atomic E-state index is -0.165. The molecule has 0 spiro atoms. The molecular formula is C16H24N4O4. The molecule has 1 amide bonds. The molecule has 2 atom stereocenters. The van der Waals surface area contributed by atoms with Gasteiger partial charge in [0.25, 0.3) is 0 Å². The van der Waals surface area contributed by atoms with Gasteiger partial charge in [0.15, 0.2) is 5.82 Å². The van der Waals surface area contributed by atoms with Crippen LogP contribution in [0.15, 0.2) is 4.52 Å². The summed E-state index contributed by atoms with van der Waals surface area (Å²) in [6.45, 7) is 7.80. The second kappa shape index (κ2) is 6.88. The van der Waals surface area contributed by atoms with Gasteiger partial charge < -0.3 is 14.2 Å². The maximum Gasteiger partial charge on any atom is 0.323 e. The van der Waals surface area contributed by atoms with Crippen LogP contribution >= 0.6 is 0 Å². The summed E-state index contributed by atoms with van der Waals surface area (Å²) in [6.07, 6.45) is 1.56. The summed E-state index contributed by atoms with van der Waals surface area (Å²) >= 11 is 0. The third kappa shape index (κ3) is 3.43. The second-order valence-corrected chi connectivity index (χ2v) is 6.76. The molecule has 2 aliphatic rings. The fraction of sp³-hybridized carbons (Fsp3) is 0.750. The Morgan fingerprint density at radius 2 is 2.21 bits per heavy atom. The van der Waals surface area contributed by atoms with Gasteiger partial charge in [0.1, 0.15) is 6.04 Å². The first kappa shape index (κ1) is 16.9. The Kier molecular flexibility index (Phi) is 4.84. The molecule has 3 rings (SSSR count). The number of hydrogen-bond donors (Lipinski definition) is 0. The van der Waals surface area contributed by atoms with E-state index in [1.807, 2.05) is 13.8 Å². The van der Waals surface area contributed by atoms with Gasteiger partial charge >= 0.3 is 5.97 Å². The molecular weight excluding hydrogens is 312 g/mol. The van der Waals surface area contributed by atoms with Crippen LogP contribution in [0.5, 0.6) is 0 Å². The molecule has 0 saturated carbocycles. The number of amides is 1. The second-order valence-electron chi connectivity index (χ2n) is 6.76. The summed E-state index contributed by atoms with van der Waals surface area (Å²) in [7, 11) is 0. The van der Waals surface area contributed by atoms with Crippen LogP contribution in [-0.4, -0.2) is 63.6 Å². The Hall–Kier alpha value is -1.96. The van der Waals surface area contributed by atoms with E-state index in [4.69, 9.17) is 9.26 Å². The normalized spacial score (nSPS) is 24.6. The van der Waals surface area contributed by atoms with Crippen molar-refractivity contribution in [2.24, 2.45) is 0 Å². The smallest absolute Gasteiger partial charge is 0.323 e. The maximum absolute atomic E-state index is 12.1. The standard InChI is InChI=1S/C16H24N4O4/c1-10(2)15-17-14(18-24-15)9-20(11(3)21)12-4-6-19(8-12)13-5-7-23-16(13)22/h10,12-13H,4-9H2,1-3H3/t12-,13-/m0/s1. The van der Waals surface area contributed by atoms with Crippen molar-refractivity contribution in [1.82, 2.24) is 19.9 Å². The molecule has 24 heavy (non-hydrogen) atoms. The van der Waals surface area contributed by atoms with Crippen LogP contribution in [0.1, 0.15) is 51.2 Å². The van der Waals surface area contributed by atoms with Crippen molar-refractivity contribution >= 4 is 11.9 Å². The van der Waals surface area contributed by atoms with E-state index in [0.29, 0.717) is 31.4 Å². The average molecular weight is 336 g/mol. The molecule has 8 nitrogen and oxygen atoms in total. The van der Waals surface area contributed by atoms with Crippen LogP contribution in [0, 0.1) is 0 Å². The van der Waals surface area contributed by atoms with E-state index in [2.05, 4.69) is 15.0 Å². The monoisotopic (exact) mass is 336 g/mol. The molecule has 2 saturated heterocycles. The van der Waals surface area contributed by atoms with Crippen LogP contribution in [0.3, 0.4) is 0 Å². The zero-order valence-electron chi connectivity index (χ0n) is 14.4. The highest BCUT2D eigenvalue weighted by Crippen LogP contribution is 2.24. The summed E-state index contributed by atoms with van der Waals surface area (Å²) in [4.78, 5) is 32.1. The molecule has 0 aromatic carbocycles. The van der Waals surface area contributed by atoms with Gasteiger partial charge in [-0.2, -0.15) is 4.98 Å². The lowest BCUT2D eigenvalue weighted by atomic mass is 10.2. The third-order valence-electron chi connectivity index (χ3n) is 4.68. The van der Waals surface area contributed by atoms with Gasteiger partial charge in [-0.1, -0.05) is 19.0 Å². The summed E-state index contributed by atoms with van der Waals surface area (Å²) in [5.41, 5.74) is 0. The van der Waals surface area contributed by atoms with Crippen LogP contribution in [0.25, 0.3) is 0 Å². The lowest BCUT2D eigenvalue weighted by molar-refractivity contribution is -0.142. The van der Waals surface area contributed by atoms with Gasteiger partial charge in [-0.05, 0) is 6.42 Å². The molecule has 132 valence electrons. The lowest BCUT2D eigenvalue weighted by Gasteiger charge is -2.27. The van der Waals surface area contributed by atoms with E-state index in [-0.39, 0.29) is 29.9 Å². The van der Waals surface area contributed by atoms with Crippen molar-refractivity contribution < 1.29 is 18.8 Å². The van der Waals surface area contributed by atoms with E-state index in [9.17, 15) is 9.59 Å². The number of likely N-dealkylation sites (tertiary alicyclic amines) is 1. The molecule has 0 unspecified atom stereocenters. The SMILES string of the molecule is CC(=O)N(Cc1noc(C(C)C)n1)[C@H]1CCN([C@H]2CCOC2=O)C1. The highest BCUT2D eigenvalue weighted by molar-refractivity contribution is 5.77. The summed E-state index contributed by atoms with van der Waals surface area (Å²) in [6, 6.07) is -0.113. The molecule has 8 heteroatoms. The van der Waals surface area contributed by atoms with E-state index in [1.54, 1.807) is 11.8 Å². The number of nitrogens with zero attached hydrogens (tertiary/aromatic N) is 4. The highest BCUT2D eigenvalue weighted by atomic mass is 16.5. The van der Waals surface area contributed by atoms with Crippen molar-refractivity contribution in [3.8, 4) is 0 Å². The summed E-state index contributed by atoms with van der Waals surface area (Å²) in [5, 5.41) is 3.97. The summed E-state index contributed by atoms with van der Waals surface area (Å²) in [5.74, 6) is 1.09. The van der Waals surface area contributed by atoms with Crippen LogP contribution in [-0.2, 0) is 20.9 Å². The van der Waals surface area contributed by atoms with Gasteiger partial charge in [0, 0.05) is 38.4 Å². The van der Waals surface area contributed by atoms with Crippen molar-refractivity contribution in [3.05, 3.63) is 11.7 Å². The number of esters is 1. The Labute approximate surface area is 141 Å². The minimum Gasteiger partial charge on any atom is -0.464 e. The van der Waals surface area contributed by atoms with Gasteiger partial charge in [0.05, 0.1) is 13.2 Å².